The van der Waals surface area contributed by atoms with Gasteiger partial charge in [-0.2, -0.15) is 0 Å². The van der Waals surface area contributed by atoms with Gasteiger partial charge >= 0.3 is 0 Å². The average molecular weight is 314 g/mol. The van der Waals surface area contributed by atoms with Gasteiger partial charge in [0.05, 0.1) is 12.2 Å². The Balaban J connectivity index is 1.49. The number of aryl methyl sites for hydroxylation is 2. The monoisotopic (exact) mass is 314 g/mol. The lowest BCUT2D eigenvalue weighted by molar-refractivity contribution is 0.663. The van der Waals surface area contributed by atoms with E-state index in [-0.39, 0.29) is 0 Å². The predicted octanol–water partition coefficient (Wildman–Crippen LogP) is 2.67. The van der Waals surface area contributed by atoms with E-state index in [0.717, 1.165) is 31.5 Å². The summed E-state index contributed by atoms with van der Waals surface area (Å²) in [5.41, 5.74) is 9.57. The fraction of sp³-hybridized carbons (Fsp3) is 0.412. The van der Waals surface area contributed by atoms with E-state index < -0.39 is 0 Å². The Morgan fingerprint density at radius 1 is 1.27 bits per heavy atom. The van der Waals surface area contributed by atoms with Crippen molar-refractivity contribution in [3.8, 4) is 0 Å². The van der Waals surface area contributed by atoms with Crippen molar-refractivity contribution in [1.29, 1.82) is 0 Å². The minimum atomic E-state index is 0.496. The summed E-state index contributed by atoms with van der Waals surface area (Å²) in [6.45, 7) is 1.36. The molecule has 3 N–H and O–H groups in total. The first kappa shape index (κ1) is 15.0. The molecule has 0 atom stereocenters. The molecular weight excluding hydrogens is 292 g/mol. The lowest BCUT2D eigenvalue weighted by atomic mass is 9.96. The molecule has 0 aliphatic heterocycles. The standard InChI is InChI=1S/C17H22N4S/c18-17(19-10-9-15-5-3-11-22-15)20-12-14-8-7-13-4-1-2-6-16(13)21-14/h3,5,7-8,11H,1-2,4,6,9-10,12H2,(H3,18,19,20). The number of pyridine rings is 1. The number of aromatic nitrogens is 1. The fourth-order valence-corrected chi connectivity index (χ4v) is 3.42. The van der Waals surface area contributed by atoms with Gasteiger partial charge in [0.2, 0.25) is 0 Å². The van der Waals surface area contributed by atoms with E-state index in [1.807, 2.05) is 0 Å². The fourth-order valence-electron chi connectivity index (χ4n) is 2.71. The van der Waals surface area contributed by atoms with E-state index >= 15 is 0 Å². The van der Waals surface area contributed by atoms with E-state index in [4.69, 9.17) is 10.7 Å². The molecule has 2 aromatic rings. The molecule has 0 radical (unpaired) electrons. The summed E-state index contributed by atoms with van der Waals surface area (Å²) in [7, 11) is 0. The molecule has 2 aromatic heterocycles. The van der Waals surface area contributed by atoms with Gasteiger partial charge in [-0.25, -0.2) is 4.99 Å². The van der Waals surface area contributed by atoms with Crippen LogP contribution in [0, 0.1) is 0 Å². The minimum Gasteiger partial charge on any atom is -0.370 e. The number of nitrogens with two attached hydrogens (primary N) is 1. The van der Waals surface area contributed by atoms with Crippen molar-refractivity contribution in [2.45, 2.75) is 38.6 Å². The third-order valence-corrected chi connectivity index (χ3v) is 4.84. The summed E-state index contributed by atoms with van der Waals surface area (Å²) >= 11 is 1.77. The number of guanidine groups is 1. The van der Waals surface area contributed by atoms with Gasteiger partial charge in [-0.1, -0.05) is 12.1 Å². The second-order valence-corrected chi connectivity index (χ2v) is 6.61. The van der Waals surface area contributed by atoms with Crippen molar-refractivity contribution in [2.75, 3.05) is 6.54 Å². The van der Waals surface area contributed by atoms with E-state index in [0.29, 0.717) is 12.5 Å². The molecule has 1 aliphatic rings. The van der Waals surface area contributed by atoms with Gasteiger partial charge in [0.15, 0.2) is 5.96 Å². The van der Waals surface area contributed by atoms with Gasteiger partial charge in [0.25, 0.3) is 0 Å². The third-order valence-electron chi connectivity index (χ3n) is 3.90. The zero-order valence-corrected chi connectivity index (χ0v) is 13.5. The van der Waals surface area contributed by atoms with Gasteiger partial charge in [-0.05, 0) is 55.2 Å². The van der Waals surface area contributed by atoms with Crippen LogP contribution in [0.3, 0.4) is 0 Å². The quantitative estimate of drug-likeness (QED) is 0.659. The Labute approximate surface area is 135 Å². The molecule has 0 unspecified atom stereocenters. The van der Waals surface area contributed by atoms with Crippen molar-refractivity contribution in [1.82, 2.24) is 10.3 Å². The van der Waals surface area contributed by atoms with Crippen LogP contribution in [0.5, 0.6) is 0 Å². The van der Waals surface area contributed by atoms with Crippen molar-refractivity contribution < 1.29 is 0 Å². The molecule has 0 amide bonds. The first-order chi connectivity index (χ1) is 10.8. The van der Waals surface area contributed by atoms with E-state index in [1.165, 1.54) is 29.0 Å². The summed E-state index contributed by atoms with van der Waals surface area (Å²) in [6.07, 6.45) is 5.77. The first-order valence-electron chi connectivity index (χ1n) is 7.85. The number of nitrogens with one attached hydrogen (secondary N) is 1. The number of nitrogens with zero attached hydrogens (tertiary/aromatic N) is 2. The normalized spacial score (nSPS) is 14.6. The van der Waals surface area contributed by atoms with Crippen LogP contribution in [0.25, 0.3) is 0 Å². The maximum absolute atomic E-state index is 5.91. The second-order valence-electron chi connectivity index (χ2n) is 5.57. The highest BCUT2D eigenvalue weighted by Gasteiger charge is 2.10. The number of aliphatic imine (C=N–C) groups is 1. The molecule has 116 valence electrons. The number of hydrogen-bond acceptors (Lipinski definition) is 3. The number of hydrogen-bond donors (Lipinski definition) is 2. The lowest BCUT2D eigenvalue weighted by Crippen LogP contribution is -2.33. The van der Waals surface area contributed by atoms with Crippen LogP contribution in [-0.4, -0.2) is 17.5 Å². The molecule has 4 nitrogen and oxygen atoms in total. The van der Waals surface area contributed by atoms with Crippen molar-refractivity contribution in [3.05, 3.63) is 51.5 Å². The van der Waals surface area contributed by atoms with Gasteiger partial charge in [-0.3, -0.25) is 4.98 Å². The molecule has 0 aromatic carbocycles. The molecule has 0 spiro atoms. The van der Waals surface area contributed by atoms with Crippen LogP contribution in [0.2, 0.25) is 0 Å². The summed E-state index contributed by atoms with van der Waals surface area (Å²) in [4.78, 5) is 10.5. The van der Waals surface area contributed by atoms with Gasteiger partial charge in [-0.15, -0.1) is 11.3 Å². The molecule has 5 heteroatoms. The van der Waals surface area contributed by atoms with E-state index in [9.17, 15) is 0 Å². The highest BCUT2D eigenvalue weighted by atomic mass is 32.1. The molecule has 3 rings (SSSR count). The van der Waals surface area contributed by atoms with Crippen molar-refractivity contribution in [3.63, 3.8) is 0 Å². The van der Waals surface area contributed by atoms with E-state index in [2.05, 4.69) is 40.0 Å². The van der Waals surface area contributed by atoms with Gasteiger partial charge in [0.1, 0.15) is 0 Å². The topological polar surface area (TPSA) is 63.3 Å². The Morgan fingerprint density at radius 2 is 2.18 bits per heavy atom. The zero-order valence-electron chi connectivity index (χ0n) is 12.7. The van der Waals surface area contributed by atoms with Crippen LogP contribution in [-0.2, 0) is 25.8 Å². The second kappa shape index (κ2) is 7.40. The maximum Gasteiger partial charge on any atom is 0.188 e. The molecule has 0 bridgehead atoms. The summed E-state index contributed by atoms with van der Waals surface area (Å²) < 4.78 is 0. The number of thiophene rings is 1. The Morgan fingerprint density at radius 3 is 3.05 bits per heavy atom. The van der Waals surface area contributed by atoms with Crippen LogP contribution >= 0.6 is 11.3 Å². The Hall–Kier alpha value is -1.88. The summed E-state index contributed by atoms with van der Waals surface area (Å²) in [5, 5.41) is 5.25. The average Bonchev–Trinajstić information content (AvgIpc) is 3.06. The molecule has 0 saturated heterocycles. The number of fused-ring (bicyclic) bond motifs is 1. The predicted molar refractivity (Wildman–Crippen MR) is 92.2 cm³/mol. The Bertz CT molecular complexity index is 634. The highest BCUT2D eigenvalue weighted by molar-refractivity contribution is 7.09. The zero-order chi connectivity index (χ0) is 15.2. The van der Waals surface area contributed by atoms with Crippen LogP contribution in [0.1, 0.15) is 34.7 Å². The molecule has 2 heterocycles. The van der Waals surface area contributed by atoms with Gasteiger partial charge in [0, 0.05) is 17.1 Å². The van der Waals surface area contributed by atoms with Crippen LogP contribution in [0.15, 0.2) is 34.6 Å². The van der Waals surface area contributed by atoms with Crippen molar-refractivity contribution in [2.24, 2.45) is 10.7 Å². The molecule has 0 fully saturated rings. The van der Waals surface area contributed by atoms with Gasteiger partial charge < -0.3 is 11.1 Å². The van der Waals surface area contributed by atoms with Crippen molar-refractivity contribution >= 4 is 17.3 Å². The Kier molecular flexibility index (Phi) is 5.06. The molecule has 0 saturated carbocycles. The number of rotatable bonds is 5. The third kappa shape index (κ3) is 4.07. The molecular formula is C17H22N4S. The minimum absolute atomic E-state index is 0.496. The smallest absolute Gasteiger partial charge is 0.188 e. The summed E-state index contributed by atoms with van der Waals surface area (Å²) in [5.74, 6) is 0.496. The SMILES string of the molecule is NC(=NCc1ccc2c(n1)CCCC2)NCCc1cccs1. The molecule has 1 aliphatic carbocycles. The van der Waals surface area contributed by atoms with Crippen LogP contribution < -0.4 is 11.1 Å². The van der Waals surface area contributed by atoms with Crippen LogP contribution in [0.4, 0.5) is 0 Å². The molecule has 22 heavy (non-hydrogen) atoms. The highest BCUT2D eigenvalue weighted by Crippen LogP contribution is 2.19. The summed E-state index contributed by atoms with van der Waals surface area (Å²) in [6, 6.07) is 8.48. The van der Waals surface area contributed by atoms with E-state index in [1.54, 1.807) is 11.3 Å². The largest absolute Gasteiger partial charge is 0.370 e. The first-order valence-corrected chi connectivity index (χ1v) is 8.73. The maximum atomic E-state index is 5.91. The lowest BCUT2D eigenvalue weighted by Gasteiger charge is -2.15.